The first kappa shape index (κ1) is 15.1. The number of benzene rings is 2. The van der Waals surface area contributed by atoms with Crippen molar-refractivity contribution in [3.63, 3.8) is 0 Å². The Balaban J connectivity index is 2.25. The van der Waals surface area contributed by atoms with Gasteiger partial charge < -0.3 is 5.32 Å². The van der Waals surface area contributed by atoms with Crippen LogP contribution in [-0.4, -0.2) is 0 Å². The van der Waals surface area contributed by atoms with Crippen LogP contribution in [0.3, 0.4) is 0 Å². The molecule has 20 heavy (non-hydrogen) atoms. The molecule has 0 aliphatic carbocycles. The van der Waals surface area contributed by atoms with Gasteiger partial charge in [-0.15, -0.1) is 0 Å². The molecule has 0 saturated heterocycles. The first-order valence-corrected chi connectivity index (χ1v) is 7.32. The van der Waals surface area contributed by atoms with Gasteiger partial charge in [0.15, 0.2) is 0 Å². The zero-order valence-corrected chi connectivity index (χ0v) is 12.7. The molecule has 0 aromatic heterocycles. The van der Waals surface area contributed by atoms with Crippen molar-refractivity contribution in [3.8, 4) is 0 Å². The van der Waals surface area contributed by atoms with E-state index in [1.54, 1.807) is 12.1 Å². The third kappa shape index (κ3) is 3.87. The van der Waals surface area contributed by atoms with E-state index in [4.69, 9.17) is 23.2 Å². The van der Waals surface area contributed by atoms with E-state index in [1.165, 1.54) is 6.07 Å². The van der Waals surface area contributed by atoms with Crippen LogP contribution in [0.2, 0.25) is 10.0 Å². The monoisotopic (exact) mass is 311 g/mol. The lowest BCUT2D eigenvalue weighted by atomic mass is 10.0. The fraction of sp³-hybridized carbons (Fsp3) is 0.250. The van der Waals surface area contributed by atoms with Gasteiger partial charge in [0.05, 0.1) is 11.7 Å². The molecule has 2 rings (SSSR count). The van der Waals surface area contributed by atoms with Gasteiger partial charge in [-0.2, -0.15) is 0 Å². The molecule has 0 bridgehead atoms. The molecule has 0 radical (unpaired) electrons. The van der Waals surface area contributed by atoms with Crippen molar-refractivity contribution in [1.82, 2.24) is 0 Å². The molecule has 0 saturated carbocycles. The predicted molar refractivity (Wildman–Crippen MR) is 84.1 cm³/mol. The summed E-state index contributed by atoms with van der Waals surface area (Å²) in [6, 6.07) is 12.1. The summed E-state index contributed by atoms with van der Waals surface area (Å²) in [5.74, 6) is -0.301. The molecule has 0 spiro atoms. The van der Waals surface area contributed by atoms with Crippen molar-refractivity contribution < 1.29 is 4.39 Å². The highest BCUT2D eigenvalue weighted by molar-refractivity contribution is 6.31. The zero-order chi connectivity index (χ0) is 14.5. The minimum atomic E-state index is -0.301. The van der Waals surface area contributed by atoms with E-state index in [1.807, 2.05) is 24.3 Å². The Morgan fingerprint density at radius 2 is 1.70 bits per heavy atom. The number of anilines is 1. The lowest BCUT2D eigenvalue weighted by Crippen LogP contribution is -2.11. The second kappa shape index (κ2) is 6.96. The maximum atomic E-state index is 13.8. The van der Waals surface area contributed by atoms with Crippen molar-refractivity contribution in [2.45, 2.75) is 25.8 Å². The molecule has 4 heteroatoms. The topological polar surface area (TPSA) is 12.0 Å². The second-order valence-electron chi connectivity index (χ2n) is 4.66. The van der Waals surface area contributed by atoms with Gasteiger partial charge in [-0.05, 0) is 42.3 Å². The zero-order valence-electron chi connectivity index (χ0n) is 11.2. The number of halogens is 3. The predicted octanol–water partition coefficient (Wildman–Crippen LogP) is 6.09. The van der Waals surface area contributed by atoms with Crippen LogP contribution in [0.1, 0.15) is 31.4 Å². The minimum absolute atomic E-state index is 0.0326. The van der Waals surface area contributed by atoms with Crippen molar-refractivity contribution >= 4 is 28.9 Å². The van der Waals surface area contributed by atoms with Gasteiger partial charge in [-0.3, -0.25) is 0 Å². The van der Waals surface area contributed by atoms with Crippen LogP contribution in [0.4, 0.5) is 10.1 Å². The fourth-order valence-electron chi connectivity index (χ4n) is 2.10. The molecule has 1 N–H and O–H groups in total. The number of hydrogen-bond donors (Lipinski definition) is 1. The summed E-state index contributed by atoms with van der Waals surface area (Å²) in [6.07, 6.45) is 1.88. The van der Waals surface area contributed by atoms with E-state index >= 15 is 0 Å². The van der Waals surface area contributed by atoms with Gasteiger partial charge in [0.25, 0.3) is 0 Å². The molecular weight excluding hydrogens is 296 g/mol. The molecule has 2 aromatic rings. The van der Waals surface area contributed by atoms with E-state index in [2.05, 4.69) is 12.2 Å². The highest BCUT2D eigenvalue weighted by Crippen LogP contribution is 2.28. The molecule has 0 aliphatic heterocycles. The molecule has 2 aromatic carbocycles. The first-order chi connectivity index (χ1) is 9.60. The van der Waals surface area contributed by atoms with Gasteiger partial charge in [0, 0.05) is 10.0 Å². The summed E-state index contributed by atoms with van der Waals surface area (Å²) in [5, 5.41) is 4.43. The Morgan fingerprint density at radius 3 is 2.35 bits per heavy atom. The average Bonchev–Trinajstić information content (AvgIpc) is 2.43. The molecule has 0 fully saturated rings. The Morgan fingerprint density at radius 1 is 1.05 bits per heavy atom. The van der Waals surface area contributed by atoms with Crippen LogP contribution < -0.4 is 5.32 Å². The first-order valence-electron chi connectivity index (χ1n) is 6.57. The van der Waals surface area contributed by atoms with E-state index in [-0.39, 0.29) is 11.9 Å². The Hall–Kier alpha value is -1.25. The van der Waals surface area contributed by atoms with E-state index in [9.17, 15) is 4.39 Å². The normalized spacial score (nSPS) is 12.2. The summed E-state index contributed by atoms with van der Waals surface area (Å²) in [4.78, 5) is 0. The highest BCUT2D eigenvalue weighted by Gasteiger charge is 2.13. The highest BCUT2D eigenvalue weighted by atomic mass is 35.5. The summed E-state index contributed by atoms with van der Waals surface area (Å²) >= 11 is 11.8. The number of hydrogen-bond acceptors (Lipinski definition) is 1. The number of rotatable bonds is 5. The van der Waals surface area contributed by atoms with Gasteiger partial charge in [-0.25, -0.2) is 4.39 Å². The molecule has 1 unspecified atom stereocenters. The second-order valence-corrected chi connectivity index (χ2v) is 5.53. The Kier molecular flexibility index (Phi) is 5.27. The van der Waals surface area contributed by atoms with Crippen molar-refractivity contribution in [1.29, 1.82) is 0 Å². The van der Waals surface area contributed by atoms with Crippen LogP contribution in [0.5, 0.6) is 0 Å². The minimum Gasteiger partial charge on any atom is -0.376 e. The van der Waals surface area contributed by atoms with E-state index in [0.717, 1.165) is 18.4 Å². The molecule has 106 valence electrons. The smallest absolute Gasteiger partial charge is 0.146 e. The Bertz CT molecular complexity index is 569. The van der Waals surface area contributed by atoms with Crippen LogP contribution in [-0.2, 0) is 0 Å². The van der Waals surface area contributed by atoms with Crippen LogP contribution in [0, 0.1) is 5.82 Å². The van der Waals surface area contributed by atoms with Gasteiger partial charge >= 0.3 is 0 Å². The van der Waals surface area contributed by atoms with Crippen molar-refractivity contribution in [3.05, 3.63) is 63.9 Å². The van der Waals surface area contributed by atoms with E-state index < -0.39 is 0 Å². The van der Waals surface area contributed by atoms with Crippen LogP contribution in [0.15, 0.2) is 42.5 Å². The van der Waals surface area contributed by atoms with Crippen LogP contribution >= 0.6 is 23.2 Å². The summed E-state index contributed by atoms with van der Waals surface area (Å²) in [6.45, 7) is 2.10. The fourth-order valence-corrected chi connectivity index (χ4v) is 2.40. The maximum absolute atomic E-state index is 13.8. The summed E-state index contributed by atoms with van der Waals surface area (Å²) < 4.78 is 13.8. The standard InChI is InChI=1S/C16H16Cl2FN/c1-2-3-15(11-4-6-12(17)7-5-11)20-16-10-13(18)8-9-14(16)19/h4-10,15,20H,2-3H2,1H3. The van der Waals surface area contributed by atoms with Gasteiger partial charge in [-0.1, -0.05) is 48.7 Å². The molecule has 0 amide bonds. The molecule has 0 heterocycles. The third-order valence-electron chi connectivity index (χ3n) is 3.11. The maximum Gasteiger partial charge on any atom is 0.146 e. The molecular formula is C16H16Cl2FN. The average molecular weight is 312 g/mol. The van der Waals surface area contributed by atoms with Gasteiger partial charge in [0.2, 0.25) is 0 Å². The molecule has 1 nitrogen and oxygen atoms in total. The summed E-state index contributed by atoms with van der Waals surface area (Å²) in [7, 11) is 0. The van der Waals surface area contributed by atoms with Crippen molar-refractivity contribution in [2.24, 2.45) is 0 Å². The SMILES string of the molecule is CCCC(Nc1cc(Cl)ccc1F)c1ccc(Cl)cc1. The quantitative estimate of drug-likeness (QED) is 0.705. The third-order valence-corrected chi connectivity index (χ3v) is 3.59. The largest absolute Gasteiger partial charge is 0.376 e. The molecule has 1 atom stereocenters. The lowest BCUT2D eigenvalue weighted by molar-refractivity contribution is 0.618. The Labute approximate surface area is 128 Å². The van der Waals surface area contributed by atoms with Crippen LogP contribution in [0.25, 0.3) is 0 Å². The number of nitrogens with one attached hydrogen (secondary N) is 1. The van der Waals surface area contributed by atoms with Gasteiger partial charge in [0.1, 0.15) is 5.82 Å². The van der Waals surface area contributed by atoms with E-state index in [0.29, 0.717) is 15.7 Å². The lowest BCUT2D eigenvalue weighted by Gasteiger charge is -2.20. The van der Waals surface area contributed by atoms with Crippen molar-refractivity contribution in [2.75, 3.05) is 5.32 Å². The summed E-state index contributed by atoms with van der Waals surface area (Å²) in [5.41, 5.74) is 1.50. The molecule has 0 aliphatic rings.